The third-order valence-corrected chi connectivity index (χ3v) is 3.94. The molecule has 0 fully saturated rings. The summed E-state index contributed by atoms with van der Waals surface area (Å²) in [5.74, 6) is 0.934. The van der Waals surface area contributed by atoms with Crippen LogP contribution in [-0.4, -0.2) is 22.9 Å². The highest BCUT2D eigenvalue weighted by Gasteiger charge is 2.08. The molecule has 0 radical (unpaired) electrons. The van der Waals surface area contributed by atoms with E-state index in [-0.39, 0.29) is 0 Å². The molecule has 0 saturated carbocycles. The Labute approximate surface area is 134 Å². The van der Waals surface area contributed by atoms with E-state index in [1.807, 2.05) is 36.1 Å². The van der Waals surface area contributed by atoms with Crippen molar-refractivity contribution < 1.29 is 4.74 Å². The van der Waals surface area contributed by atoms with Crippen LogP contribution in [0.15, 0.2) is 34.9 Å². The van der Waals surface area contributed by atoms with Crippen molar-refractivity contribution in [3.8, 4) is 5.75 Å². The Morgan fingerprint density at radius 3 is 2.90 bits per heavy atom. The van der Waals surface area contributed by atoms with Crippen molar-refractivity contribution in [3.05, 3.63) is 46.2 Å². The zero-order valence-electron chi connectivity index (χ0n) is 12.6. The predicted octanol–water partition coefficient (Wildman–Crippen LogP) is 3.30. The Morgan fingerprint density at radius 1 is 1.33 bits per heavy atom. The standard InChI is InChI=1S/C16H22BrN3O/c1-3-9-18-12-13-5-4-6-15(17)16(13)21-11-8-14-7-10-19-20(14)2/h4-7,10,18H,3,8-9,11-12H2,1-2H3. The third-order valence-electron chi connectivity index (χ3n) is 3.32. The van der Waals surface area contributed by atoms with Crippen LogP contribution in [0.4, 0.5) is 0 Å². The van der Waals surface area contributed by atoms with Gasteiger partial charge in [0.05, 0.1) is 11.1 Å². The largest absolute Gasteiger partial charge is 0.492 e. The summed E-state index contributed by atoms with van der Waals surface area (Å²) in [6.45, 7) is 4.65. The average molecular weight is 352 g/mol. The molecule has 114 valence electrons. The van der Waals surface area contributed by atoms with Gasteiger partial charge in [0.1, 0.15) is 5.75 Å². The van der Waals surface area contributed by atoms with Gasteiger partial charge in [-0.15, -0.1) is 0 Å². The number of hydrogen-bond donors (Lipinski definition) is 1. The number of nitrogens with one attached hydrogen (secondary N) is 1. The fourth-order valence-electron chi connectivity index (χ4n) is 2.16. The molecule has 0 atom stereocenters. The quantitative estimate of drug-likeness (QED) is 0.741. The van der Waals surface area contributed by atoms with E-state index in [1.54, 1.807) is 0 Å². The lowest BCUT2D eigenvalue weighted by molar-refractivity contribution is 0.312. The normalized spacial score (nSPS) is 10.8. The molecular formula is C16H22BrN3O. The number of rotatable bonds is 8. The lowest BCUT2D eigenvalue weighted by Crippen LogP contribution is -2.15. The van der Waals surface area contributed by atoms with E-state index < -0.39 is 0 Å². The molecule has 0 bridgehead atoms. The van der Waals surface area contributed by atoms with Crippen molar-refractivity contribution in [1.82, 2.24) is 15.1 Å². The molecule has 0 unspecified atom stereocenters. The van der Waals surface area contributed by atoms with E-state index in [9.17, 15) is 0 Å². The first-order valence-electron chi connectivity index (χ1n) is 7.30. The number of halogens is 1. The molecule has 0 amide bonds. The molecule has 0 saturated heterocycles. The summed E-state index contributed by atoms with van der Waals surface area (Å²) in [5, 5.41) is 7.59. The Balaban J connectivity index is 1.96. The van der Waals surface area contributed by atoms with E-state index >= 15 is 0 Å². The zero-order chi connectivity index (χ0) is 15.1. The van der Waals surface area contributed by atoms with Gasteiger partial charge in [-0.1, -0.05) is 19.1 Å². The lowest BCUT2D eigenvalue weighted by Gasteiger charge is -2.14. The summed E-state index contributed by atoms with van der Waals surface area (Å²) in [5.41, 5.74) is 2.36. The topological polar surface area (TPSA) is 39.1 Å². The summed E-state index contributed by atoms with van der Waals surface area (Å²) in [6.07, 6.45) is 3.79. The number of nitrogens with zero attached hydrogens (tertiary/aromatic N) is 2. The number of ether oxygens (including phenoxy) is 1. The summed E-state index contributed by atoms with van der Waals surface area (Å²) in [7, 11) is 1.95. The van der Waals surface area contributed by atoms with Gasteiger partial charge in [-0.3, -0.25) is 4.68 Å². The maximum atomic E-state index is 6.00. The molecule has 0 aliphatic carbocycles. The van der Waals surface area contributed by atoms with Gasteiger partial charge in [0.25, 0.3) is 0 Å². The first-order chi connectivity index (χ1) is 10.2. The molecule has 1 aromatic carbocycles. The van der Waals surface area contributed by atoms with E-state index in [0.29, 0.717) is 6.61 Å². The van der Waals surface area contributed by atoms with Crippen LogP contribution in [-0.2, 0) is 20.0 Å². The Hall–Kier alpha value is -1.33. The van der Waals surface area contributed by atoms with Gasteiger partial charge < -0.3 is 10.1 Å². The molecule has 0 aliphatic rings. The minimum atomic E-state index is 0.642. The first kappa shape index (κ1) is 16.0. The summed E-state index contributed by atoms with van der Waals surface area (Å²) in [4.78, 5) is 0. The van der Waals surface area contributed by atoms with E-state index in [1.165, 1.54) is 11.3 Å². The highest BCUT2D eigenvalue weighted by atomic mass is 79.9. The minimum absolute atomic E-state index is 0.642. The lowest BCUT2D eigenvalue weighted by atomic mass is 10.2. The molecule has 4 nitrogen and oxygen atoms in total. The number of para-hydroxylation sites is 1. The Bertz CT molecular complexity index is 568. The van der Waals surface area contributed by atoms with E-state index in [0.717, 1.165) is 36.2 Å². The molecule has 1 heterocycles. The SMILES string of the molecule is CCCNCc1cccc(Br)c1OCCc1ccnn1C. The number of aryl methyl sites for hydroxylation is 1. The van der Waals surface area contributed by atoms with Crippen molar-refractivity contribution >= 4 is 15.9 Å². The van der Waals surface area contributed by atoms with Crippen molar-refractivity contribution in [1.29, 1.82) is 0 Å². The zero-order valence-corrected chi connectivity index (χ0v) is 14.2. The summed E-state index contributed by atoms with van der Waals surface area (Å²) < 4.78 is 8.88. The summed E-state index contributed by atoms with van der Waals surface area (Å²) >= 11 is 3.58. The average Bonchev–Trinajstić information content (AvgIpc) is 2.87. The van der Waals surface area contributed by atoms with Gasteiger partial charge in [-0.05, 0) is 41.0 Å². The monoisotopic (exact) mass is 351 g/mol. The van der Waals surface area contributed by atoms with Crippen molar-refractivity contribution in [2.75, 3.05) is 13.2 Å². The maximum absolute atomic E-state index is 6.00. The van der Waals surface area contributed by atoms with Crippen molar-refractivity contribution in [3.63, 3.8) is 0 Å². The van der Waals surface area contributed by atoms with Gasteiger partial charge in [-0.25, -0.2) is 0 Å². The van der Waals surface area contributed by atoms with E-state index in [4.69, 9.17) is 4.74 Å². The molecule has 0 aliphatic heterocycles. The van der Waals surface area contributed by atoms with Crippen LogP contribution in [0, 0.1) is 0 Å². The van der Waals surface area contributed by atoms with Gasteiger partial charge in [0.15, 0.2) is 0 Å². The first-order valence-corrected chi connectivity index (χ1v) is 8.09. The fourth-order valence-corrected chi connectivity index (χ4v) is 2.68. The van der Waals surface area contributed by atoms with Gasteiger partial charge in [0.2, 0.25) is 0 Å². The Morgan fingerprint density at radius 2 is 2.19 bits per heavy atom. The van der Waals surface area contributed by atoms with Crippen LogP contribution in [0.25, 0.3) is 0 Å². The second-order valence-corrected chi connectivity index (χ2v) is 5.80. The molecule has 2 aromatic rings. The minimum Gasteiger partial charge on any atom is -0.492 e. The molecule has 2 rings (SSSR count). The number of hydrogen-bond acceptors (Lipinski definition) is 3. The molecule has 1 N–H and O–H groups in total. The molecule has 1 aromatic heterocycles. The van der Waals surface area contributed by atoms with Crippen LogP contribution in [0.3, 0.4) is 0 Å². The van der Waals surface area contributed by atoms with Gasteiger partial charge in [0, 0.05) is 37.5 Å². The van der Waals surface area contributed by atoms with Gasteiger partial charge >= 0.3 is 0 Å². The number of aromatic nitrogens is 2. The van der Waals surface area contributed by atoms with Crippen molar-refractivity contribution in [2.24, 2.45) is 7.05 Å². The maximum Gasteiger partial charge on any atom is 0.137 e. The highest BCUT2D eigenvalue weighted by Crippen LogP contribution is 2.29. The van der Waals surface area contributed by atoms with Crippen LogP contribution in [0.1, 0.15) is 24.6 Å². The van der Waals surface area contributed by atoms with Crippen LogP contribution >= 0.6 is 15.9 Å². The fraction of sp³-hybridized carbons (Fsp3) is 0.438. The molecule has 21 heavy (non-hydrogen) atoms. The van der Waals surface area contributed by atoms with Crippen LogP contribution in [0.5, 0.6) is 5.75 Å². The second kappa shape index (κ2) is 8.20. The van der Waals surface area contributed by atoms with Crippen LogP contribution in [0.2, 0.25) is 0 Å². The molecular weight excluding hydrogens is 330 g/mol. The van der Waals surface area contributed by atoms with Crippen LogP contribution < -0.4 is 10.1 Å². The second-order valence-electron chi connectivity index (χ2n) is 4.95. The molecule has 0 spiro atoms. The predicted molar refractivity (Wildman–Crippen MR) is 88.5 cm³/mol. The molecule has 5 heteroatoms. The highest BCUT2D eigenvalue weighted by molar-refractivity contribution is 9.10. The summed E-state index contributed by atoms with van der Waals surface area (Å²) in [6, 6.07) is 8.18. The third kappa shape index (κ3) is 4.58. The van der Waals surface area contributed by atoms with E-state index in [2.05, 4.69) is 39.3 Å². The smallest absolute Gasteiger partial charge is 0.137 e. The Kier molecular flexibility index (Phi) is 6.26. The number of benzene rings is 1. The van der Waals surface area contributed by atoms with Gasteiger partial charge in [-0.2, -0.15) is 5.10 Å². The van der Waals surface area contributed by atoms with Crippen molar-refractivity contribution in [2.45, 2.75) is 26.3 Å².